The molecule has 0 aliphatic carbocycles. The number of nitrogens with one attached hydrogen (secondary N) is 1. The molecule has 0 saturated heterocycles. The molecule has 0 spiro atoms. The molecule has 0 radical (unpaired) electrons. The number of amides is 1. The number of thioether (sulfide) groups is 1. The van der Waals surface area contributed by atoms with Crippen LogP contribution >= 0.6 is 11.8 Å². The van der Waals surface area contributed by atoms with Crippen molar-refractivity contribution in [2.24, 2.45) is 0 Å². The van der Waals surface area contributed by atoms with Gasteiger partial charge in [-0.25, -0.2) is 0 Å². The average Bonchev–Trinajstić information content (AvgIpc) is 2.37. The Morgan fingerprint density at radius 1 is 1.35 bits per heavy atom. The van der Waals surface area contributed by atoms with Gasteiger partial charge in [0, 0.05) is 17.6 Å². The third-order valence-corrected chi connectivity index (χ3v) is 3.52. The zero-order valence-electron chi connectivity index (χ0n) is 11.8. The van der Waals surface area contributed by atoms with E-state index in [2.05, 4.69) is 5.32 Å². The van der Waals surface area contributed by atoms with Crippen molar-refractivity contribution in [3.05, 3.63) is 29.8 Å². The molecule has 110 valence electrons. The van der Waals surface area contributed by atoms with Crippen LogP contribution in [0.2, 0.25) is 0 Å². The maximum absolute atomic E-state index is 12.1. The lowest BCUT2D eigenvalue weighted by atomic mass is 9.98. The summed E-state index contributed by atoms with van der Waals surface area (Å²) in [7, 11) is 1.47. The van der Waals surface area contributed by atoms with E-state index in [4.69, 9.17) is 9.84 Å². The number of carbonyl (C=O) groups is 2. The van der Waals surface area contributed by atoms with Crippen LogP contribution in [-0.2, 0) is 9.53 Å². The van der Waals surface area contributed by atoms with Crippen LogP contribution in [0.15, 0.2) is 29.2 Å². The Morgan fingerprint density at radius 2 is 1.95 bits per heavy atom. The molecule has 0 heterocycles. The summed E-state index contributed by atoms with van der Waals surface area (Å²) in [4.78, 5) is 24.1. The number of carboxylic acids is 1. The summed E-state index contributed by atoms with van der Waals surface area (Å²) < 4.78 is 5.00. The van der Waals surface area contributed by atoms with Crippen molar-refractivity contribution in [2.45, 2.75) is 23.8 Å². The van der Waals surface area contributed by atoms with Crippen molar-refractivity contribution in [1.82, 2.24) is 5.32 Å². The first-order chi connectivity index (χ1) is 9.40. The molecule has 0 bridgehead atoms. The standard InChI is InChI=1S/C14H19NO4S/c1-14(9-19-2,8-12(16)17)15-13(18)10-4-6-11(20-3)7-5-10/h4-7H,8-9H2,1-3H3,(H,15,18)(H,16,17). The van der Waals surface area contributed by atoms with Gasteiger partial charge < -0.3 is 15.2 Å². The van der Waals surface area contributed by atoms with Gasteiger partial charge in [-0.05, 0) is 37.4 Å². The van der Waals surface area contributed by atoms with Crippen LogP contribution < -0.4 is 5.32 Å². The van der Waals surface area contributed by atoms with Crippen LogP contribution in [0.25, 0.3) is 0 Å². The number of carbonyl (C=O) groups excluding carboxylic acids is 1. The van der Waals surface area contributed by atoms with Crippen molar-refractivity contribution < 1.29 is 19.4 Å². The number of rotatable bonds is 7. The van der Waals surface area contributed by atoms with Gasteiger partial charge in [0.05, 0.1) is 18.6 Å². The fourth-order valence-electron chi connectivity index (χ4n) is 1.87. The van der Waals surface area contributed by atoms with Crippen molar-refractivity contribution in [2.75, 3.05) is 20.0 Å². The maximum atomic E-state index is 12.1. The maximum Gasteiger partial charge on any atom is 0.305 e. The second-order valence-electron chi connectivity index (χ2n) is 4.75. The Hall–Kier alpha value is -1.53. The fourth-order valence-corrected chi connectivity index (χ4v) is 2.28. The van der Waals surface area contributed by atoms with E-state index < -0.39 is 11.5 Å². The van der Waals surface area contributed by atoms with Gasteiger partial charge in [-0.2, -0.15) is 0 Å². The third-order valence-electron chi connectivity index (χ3n) is 2.77. The molecular formula is C14H19NO4S. The molecule has 0 aliphatic heterocycles. The Bertz CT molecular complexity index is 475. The minimum absolute atomic E-state index is 0.133. The van der Waals surface area contributed by atoms with Crippen LogP contribution in [0.1, 0.15) is 23.7 Å². The topological polar surface area (TPSA) is 75.6 Å². The van der Waals surface area contributed by atoms with Crippen LogP contribution in [0.3, 0.4) is 0 Å². The Kier molecular flexibility index (Phi) is 6.04. The zero-order valence-corrected chi connectivity index (χ0v) is 12.6. The van der Waals surface area contributed by atoms with Crippen LogP contribution in [-0.4, -0.2) is 42.5 Å². The molecule has 1 aromatic carbocycles. The summed E-state index contributed by atoms with van der Waals surface area (Å²) in [6.45, 7) is 1.78. The van der Waals surface area contributed by atoms with Crippen molar-refractivity contribution in [1.29, 1.82) is 0 Å². The molecule has 1 atom stereocenters. The average molecular weight is 297 g/mol. The lowest BCUT2D eigenvalue weighted by molar-refractivity contribution is -0.139. The van der Waals surface area contributed by atoms with Gasteiger partial charge in [-0.1, -0.05) is 0 Å². The lowest BCUT2D eigenvalue weighted by Gasteiger charge is -2.28. The highest BCUT2D eigenvalue weighted by molar-refractivity contribution is 7.98. The smallest absolute Gasteiger partial charge is 0.305 e. The van der Waals surface area contributed by atoms with E-state index in [1.165, 1.54) is 7.11 Å². The van der Waals surface area contributed by atoms with Gasteiger partial charge in [0.1, 0.15) is 0 Å². The fraction of sp³-hybridized carbons (Fsp3) is 0.429. The molecule has 1 unspecified atom stereocenters. The first-order valence-electron chi connectivity index (χ1n) is 6.07. The molecule has 1 amide bonds. The number of methoxy groups -OCH3 is 1. The van der Waals surface area contributed by atoms with Crippen LogP contribution in [0.4, 0.5) is 0 Å². The predicted molar refractivity (Wildman–Crippen MR) is 78.2 cm³/mol. The number of benzene rings is 1. The number of aliphatic carboxylic acids is 1. The number of ether oxygens (including phenoxy) is 1. The van der Waals surface area contributed by atoms with Crippen LogP contribution in [0, 0.1) is 0 Å². The van der Waals surface area contributed by atoms with Gasteiger partial charge in [-0.3, -0.25) is 9.59 Å². The molecule has 6 heteroatoms. The van der Waals surface area contributed by atoms with Crippen molar-refractivity contribution >= 4 is 23.6 Å². The zero-order chi connectivity index (χ0) is 15.2. The predicted octanol–water partition coefficient (Wildman–Crippen LogP) is 2.02. The molecular weight excluding hydrogens is 278 g/mol. The van der Waals surface area contributed by atoms with Gasteiger partial charge in [0.2, 0.25) is 0 Å². The number of hydrogen-bond acceptors (Lipinski definition) is 4. The van der Waals surface area contributed by atoms with E-state index in [1.54, 1.807) is 30.8 Å². The molecule has 5 nitrogen and oxygen atoms in total. The number of hydrogen-bond donors (Lipinski definition) is 2. The first kappa shape index (κ1) is 16.5. The van der Waals surface area contributed by atoms with E-state index >= 15 is 0 Å². The van der Waals surface area contributed by atoms with Gasteiger partial charge >= 0.3 is 5.97 Å². The minimum atomic E-state index is -0.984. The summed E-state index contributed by atoms with van der Waals surface area (Å²) >= 11 is 1.59. The quantitative estimate of drug-likeness (QED) is 0.753. The summed E-state index contributed by atoms with van der Waals surface area (Å²) in [6.07, 6.45) is 1.76. The number of carboxylic acid groups (broad SMARTS) is 1. The summed E-state index contributed by atoms with van der Waals surface area (Å²) in [5, 5.41) is 11.6. The summed E-state index contributed by atoms with van der Waals surface area (Å²) in [5.74, 6) is -1.29. The first-order valence-corrected chi connectivity index (χ1v) is 7.30. The van der Waals surface area contributed by atoms with Gasteiger partial charge in [0.15, 0.2) is 0 Å². The highest BCUT2D eigenvalue weighted by Crippen LogP contribution is 2.16. The molecule has 0 fully saturated rings. The van der Waals surface area contributed by atoms with Gasteiger partial charge in [-0.15, -0.1) is 11.8 Å². The molecule has 0 aromatic heterocycles. The van der Waals surface area contributed by atoms with E-state index in [1.807, 2.05) is 18.4 Å². The molecule has 1 rings (SSSR count). The molecule has 0 saturated carbocycles. The lowest BCUT2D eigenvalue weighted by Crippen LogP contribution is -2.50. The summed E-state index contributed by atoms with van der Waals surface area (Å²) in [5.41, 5.74) is -0.439. The largest absolute Gasteiger partial charge is 0.481 e. The van der Waals surface area contributed by atoms with E-state index in [0.717, 1.165) is 4.90 Å². The second kappa shape index (κ2) is 7.31. The Morgan fingerprint density at radius 3 is 2.40 bits per heavy atom. The third kappa shape index (κ3) is 4.86. The van der Waals surface area contributed by atoms with E-state index in [0.29, 0.717) is 5.56 Å². The monoisotopic (exact) mass is 297 g/mol. The highest BCUT2D eigenvalue weighted by Gasteiger charge is 2.29. The second-order valence-corrected chi connectivity index (χ2v) is 5.63. The molecule has 2 N–H and O–H groups in total. The summed E-state index contributed by atoms with van der Waals surface area (Å²) in [6, 6.07) is 7.14. The minimum Gasteiger partial charge on any atom is -0.481 e. The Labute approximate surface area is 122 Å². The van der Waals surface area contributed by atoms with Gasteiger partial charge in [0.25, 0.3) is 5.91 Å². The van der Waals surface area contributed by atoms with Crippen molar-refractivity contribution in [3.63, 3.8) is 0 Å². The SMILES string of the molecule is COCC(C)(CC(=O)O)NC(=O)c1ccc(SC)cc1. The van der Waals surface area contributed by atoms with E-state index in [-0.39, 0.29) is 18.9 Å². The molecule has 0 aliphatic rings. The normalized spacial score (nSPS) is 13.6. The van der Waals surface area contributed by atoms with E-state index in [9.17, 15) is 9.59 Å². The van der Waals surface area contributed by atoms with Crippen molar-refractivity contribution in [3.8, 4) is 0 Å². The molecule has 20 heavy (non-hydrogen) atoms. The Balaban J connectivity index is 2.81. The molecule has 1 aromatic rings. The highest BCUT2D eigenvalue weighted by atomic mass is 32.2. The van der Waals surface area contributed by atoms with Crippen LogP contribution in [0.5, 0.6) is 0 Å².